The van der Waals surface area contributed by atoms with Gasteiger partial charge in [0.15, 0.2) is 5.78 Å². The lowest BCUT2D eigenvalue weighted by molar-refractivity contribution is -0.887. The number of halogens is 1. The van der Waals surface area contributed by atoms with Gasteiger partial charge in [-0.2, -0.15) is 0 Å². The SMILES string of the molecule is O=C(CC[NH+]1CCC(c2ccccc2)C1)c1ccccc1.[Cl-]. The molecule has 2 atom stereocenters. The van der Waals surface area contributed by atoms with Crippen molar-refractivity contribution in [2.45, 2.75) is 18.8 Å². The summed E-state index contributed by atoms with van der Waals surface area (Å²) in [7, 11) is 0. The smallest absolute Gasteiger partial charge is 0.168 e. The fourth-order valence-corrected chi connectivity index (χ4v) is 3.23. The quantitative estimate of drug-likeness (QED) is 0.727. The molecular weight excluding hydrogens is 294 g/mol. The van der Waals surface area contributed by atoms with E-state index in [9.17, 15) is 4.79 Å². The summed E-state index contributed by atoms with van der Waals surface area (Å²) in [5, 5.41) is 0. The average Bonchev–Trinajstić information content (AvgIpc) is 3.03. The van der Waals surface area contributed by atoms with E-state index in [1.54, 1.807) is 4.90 Å². The number of carbonyl (C=O) groups excluding carboxylic acids is 1. The average molecular weight is 316 g/mol. The number of hydrogen-bond acceptors (Lipinski definition) is 1. The van der Waals surface area contributed by atoms with Crippen LogP contribution >= 0.6 is 0 Å². The van der Waals surface area contributed by atoms with Crippen molar-refractivity contribution in [3.05, 3.63) is 71.8 Å². The highest BCUT2D eigenvalue weighted by atomic mass is 35.5. The molecule has 0 bridgehead atoms. The van der Waals surface area contributed by atoms with E-state index < -0.39 is 0 Å². The molecule has 3 rings (SSSR count). The molecule has 0 amide bonds. The third-order valence-corrected chi connectivity index (χ3v) is 4.45. The minimum Gasteiger partial charge on any atom is -1.00 e. The molecule has 1 N–H and O–H groups in total. The van der Waals surface area contributed by atoms with Gasteiger partial charge in [0.1, 0.15) is 0 Å². The van der Waals surface area contributed by atoms with Crippen LogP contribution < -0.4 is 17.3 Å². The van der Waals surface area contributed by atoms with Crippen molar-refractivity contribution in [1.82, 2.24) is 0 Å². The summed E-state index contributed by atoms with van der Waals surface area (Å²) in [6.45, 7) is 3.30. The van der Waals surface area contributed by atoms with Gasteiger partial charge in [-0.3, -0.25) is 4.79 Å². The van der Waals surface area contributed by atoms with Crippen LogP contribution in [-0.2, 0) is 0 Å². The lowest BCUT2D eigenvalue weighted by Gasteiger charge is -2.13. The van der Waals surface area contributed by atoms with E-state index in [0.717, 1.165) is 18.7 Å². The molecule has 0 radical (unpaired) electrons. The zero-order valence-electron chi connectivity index (χ0n) is 12.7. The standard InChI is InChI=1S/C19H21NO.ClH/c21-19(17-9-5-2-6-10-17)12-14-20-13-11-18(15-20)16-7-3-1-4-8-16;/h1-10,18H,11-15H2;1H. The fraction of sp³-hybridized carbons (Fsp3) is 0.316. The van der Waals surface area contributed by atoms with E-state index in [4.69, 9.17) is 0 Å². The second-order valence-corrected chi connectivity index (χ2v) is 5.89. The van der Waals surface area contributed by atoms with Crippen LogP contribution in [0.5, 0.6) is 0 Å². The minimum absolute atomic E-state index is 0. The van der Waals surface area contributed by atoms with Crippen LogP contribution in [0.4, 0.5) is 0 Å². The number of benzene rings is 2. The Morgan fingerprint density at radius 1 is 1.00 bits per heavy atom. The molecular formula is C19H22ClNO. The maximum absolute atomic E-state index is 12.1. The van der Waals surface area contributed by atoms with Gasteiger partial charge in [0.2, 0.25) is 0 Å². The third kappa shape index (κ3) is 4.19. The van der Waals surface area contributed by atoms with Crippen molar-refractivity contribution in [3.8, 4) is 0 Å². The largest absolute Gasteiger partial charge is 1.00 e. The van der Waals surface area contributed by atoms with E-state index in [0.29, 0.717) is 12.3 Å². The highest BCUT2D eigenvalue weighted by Gasteiger charge is 2.27. The summed E-state index contributed by atoms with van der Waals surface area (Å²) in [5.74, 6) is 0.930. The first-order valence-corrected chi connectivity index (χ1v) is 7.79. The molecule has 1 saturated heterocycles. The highest BCUT2D eigenvalue weighted by molar-refractivity contribution is 5.96. The van der Waals surface area contributed by atoms with Crippen LogP contribution in [0.2, 0.25) is 0 Å². The number of carbonyl (C=O) groups is 1. The van der Waals surface area contributed by atoms with Crippen LogP contribution in [0.25, 0.3) is 0 Å². The van der Waals surface area contributed by atoms with E-state index in [-0.39, 0.29) is 18.2 Å². The normalized spacial score (nSPS) is 20.4. The molecule has 1 fully saturated rings. The topological polar surface area (TPSA) is 21.5 Å². The molecule has 2 aromatic carbocycles. The van der Waals surface area contributed by atoms with Gasteiger partial charge in [-0.05, 0) is 5.56 Å². The van der Waals surface area contributed by atoms with Gasteiger partial charge in [-0.25, -0.2) is 0 Å². The number of rotatable bonds is 5. The van der Waals surface area contributed by atoms with Gasteiger partial charge < -0.3 is 17.3 Å². The van der Waals surface area contributed by atoms with Gasteiger partial charge >= 0.3 is 0 Å². The van der Waals surface area contributed by atoms with E-state index >= 15 is 0 Å². The molecule has 3 heteroatoms. The fourth-order valence-electron chi connectivity index (χ4n) is 3.23. The molecule has 2 aromatic rings. The summed E-state index contributed by atoms with van der Waals surface area (Å²) >= 11 is 0. The molecule has 1 aliphatic heterocycles. The van der Waals surface area contributed by atoms with Crippen LogP contribution in [-0.4, -0.2) is 25.4 Å². The monoisotopic (exact) mass is 315 g/mol. The Morgan fingerprint density at radius 2 is 1.64 bits per heavy atom. The molecule has 2 nitrogen and oxygen atoms in total. The molecule has 0 aliphatic carbocycles. The number of quaternary nitrogens is 1. The summed E-state index contributed by atoms with van der Waals surface area (Å²) in [6.07, 6.45) is 1.89. The predicted molar refractivity (Wildman–Crippen MR) is 84.8 cm³/mol. The molecule has 22 heavy (non-hydrogen) atoms. The van der Waals surface area contributed by atoms with Gasteiger partial charge in [-0.1, -0.05) is 60.7 Å². The Hall–Kier alpha value is -1.64. The van der Waals surface area contributed by atoms with Crippen molar-refractivity contribution in [1.29, 1.82) is 0 Å². The lowest BCUT2D eigenvalue weighted by atomic mass is 9.99. The summed E-state index contributed by atoms with van der Waals surface area (Å²) in [4.78, 5) is 13.7. The molecule has 0 spiro atoms. The lowest BCUT2D eigenvalue weighted by Crippen LogP contribution is -3.10. The van der Waals surface area contributed by atoms with Crippen molar-refractivity contribution < 1.29 is 22.1 Å². The van der Waals surface area contributed by atoms with E-state index in [1.807, 2.05) is 30.3 Å². The number of likely N-dealkylation sites (tertiary alicyclic amines) is 1. The van der Waals surface area contributed by atoms with Crippen LogP contribution in [0.3, 0.4) is 0 Å². The van der Waals surface area contributed by atoms with Gasteiger partial charge in [-0.15, -0.1) is 0 Å². The molecule has 1 aliphatic rings. The van der Waals surface area contributed by atoms with Gasteiger partial charge in [0.25, 0.3) is 0 Å². The Labute approximate surface area is 138 Å². The second kappa shape index (κ2) is 8.11. The second-order valence-electron chi connectivity index (χ2n) is 5.89. The minimum atomic E-state index is 0. The maximum atomic E-state index is 12.1. The van der Waals surface area contributed by atoms with E-state index in [2.05, 4.69) is 30.3 Å². The first-order valence-electron chi connectivity index (χ1n) is 7.79. The van der Waals surface area contributed by atoms with Crippen molar-refractivity contribution in [2.24, 2.45) is 0 Å². The Kier molecular flexibility index (Phi) is 6.17. The molecule has 2 unspecified atom stereocenters. The van der Waals surface area contributed by atoms with Crippen molar-refractivity contribution in [2.75, 3.05) is 19.6 Å². The first kappa shape index (κ1) is 16.7. The third-order valence-electron chi connectivity index (χ3n) is 4.45. The zero-order valence-corrected chi connectivity index (χ0v) is 13.4. The van der Waals surface area contributed by atoms with Gasteiger partial charge in [0.05, 0.1) is 26.1 Å². The zero-order chi connectivity index (χ0) is 14.5. The Bertz CT molecular complexity index is 585. The summed E-state index contributed by atoms with van der Waals surface area (Å²) in [6, 6.07) is 20.4. The molecule has 116 valence electrons. The molecule has 0 saturated carbocycles. The number of nitrogens with one attached hydrogen (secondary N) is 1. The van der Waals surface area contributed by atoms with Gasteiger partial charge in [0, 0.05) is 17.9 Å². The Balaban J connectivity index is 0.00000176. The number of hydrogen-bond donors (Lipinski definition) is 1. The Morgan fingerprint density at radius 3 is 2.32 bits per heavy atom. The number of Topliss-reactive ketones (excluding diaryl/α,β-unsaturated/α-hetero) is 1. The first-order chi connectivity index (χ1) is 10.3. The predicted octanol–water partition coefficient (Wildman–Crippen LogP) is -0.664. The van der Waals surface area contributed by atoms with Crippen LogP contribution in [0, 0.1) is 0 Å². The highest BCUT2D eigenvalue weighted by Crippen LogP contribution is 2.19. The maximum Gasteiger partial charge on any atom is 0.168 e. The number of ketones is 1. The summed E-state index contributed by atoms with van der Waals surface area (Å²) in [5.41, 5.74) is 2.29. The van der Waals surface area contributed by atoms with E-state index in [1.165, 1.54) is 18.5 Å². The molecule has 0 aromatic heterocycles. The van der Waals surface area contributed by atoms with Crippen LogP contribution in [0.15, 0.2) is 60.7 Å². The van der Waals surface area contributed by atoms with Crippen molar-refractivity contribution in [3.63, 3.8) is 0 Å². The van der Waals surface area contributed by atoms with Crippen LogP contribution in [0.1, 0.15) is 34.7 Å². The molecule has 1 heterocycles. The summed E-state index contributed by atoms with van der Waals surface area (Å²) < 4.78 is 0. The van der Waals surface area contributed by atoms with Crippen molar-refractivity contribution >= 4 is 5.78 Å².